The normalized spacial score (nSPS) is 10.9. The predicted octanol–water partition coefficient (Wildman–Crippen LogP) is 4.58. The number of fused-ring (bicyclic) bond motifs is 1. The molecule has 0 radical (unpaired) electrons. The van der Waals surface area contributed by atoms with Gasteiger partial charge in [-0.15, -0.1) is 0 Å². The van der Waals surface area contributed by atoms with Gasteiger partial charge in [-0.05, 0) is 24.3 Å². The molecule has 2 aromatic carbocycles. The molecule has 0 aliphatic carbocycles. The van der Waals surface area contributed by atoms with Crippen LogP contribution in [0.2, 0.25) is 5.02 Å². The number of hydrogen-bond donors (Lipinski definition) is 2. The fraction of sp³-hybridized carbons (Fsp3) is 0. The van der Waals surface area contributed by atoms with Gasteiger partial charge in [0.05, 0.1) is 16.3 Å². The number of nitrogens with zero attached hydrogens (tertiary/aromatic N) is 1. The summed E-state index contributed by atoms with van der Waals surface area (Å²) >= 11 is 6.06. The number of imidazole rings is 1. The molecule has 5 nitrogen and oxygen atoms in total. The van der Waals surface area contributed by atoms with E-state index in [1.807, 2.05) is 36.4 Å². The van der Waals surface area contributed by atoms with Gasteiger partial charge in [-0.25, -0.2) is 9.78 Å². The largest absolute Gasteiger partial charge is 0.421 e. The van der Waals surface area contributed by atoms with Crippen LogP contribution in [0.25, 0.3) is 22.2 Å². The molecular formula is C18H12ClN3O2. The molecule has 0 aliphatic heterocycles. The van der Waals surface area contributed by atoms with Crippen LogP contribution in [0.1, 0.15) is 0 Å². The zero-order valence-electron chi connectivity index (χ0n) is 12.4. The van der Waals surface area contributed by atoms with Crippen LogP contribution in [-0.4, -0.2) is 9.97 Å². The topological polar surface area (TPSA) is 70.9 Å². The molecule has 2 N–H and O–H groups in total. The average Bonchev–Trinajstić information content (AvgIpc) is 3.04. The van der Waals surface area contributed by atoms with E-state index in [0.29, 0.717) is 27.8 Å². The number of nitrogens with one attached hydrogen (secondary N) is 2. The van der Waals surface area contributed by atoms with Crippen LogP contribution in [0.4, 0.5) is 11.6 Å². The van der Waals surface area contributed by atoms with Crippen LogP contribution in [0.3, 0.4) is 0 Å². The second kappa shape index (κ2) is 5.86. The molecular weight excluding hydrogens is 326 g/mol. The highest BCUT2D eigenvalue weighted by molar-refractivity contribution is 6.34. The van der Waals surface area contributed by atoms with Gasteiger partial charge in [-0.2, -0.15) is 0 Å². The maximum Gasteiger partial charge on any atom is 0.345 e. The SMILES string of the molecule is O=c1oc2c(Cl)cccc2cc1-c1c[nH]c(Nc2ccccc2)n1. The minimum atomic E-state index is -0.478. The molecule has 0 saturated heterocycles. The lowest BCUT2D eigenvalue weighted by atomic mass is 10.1. The number of H-pyrrole nitrogens is 1. The quantitative estimate of drug-likeness (QED) is 0.537. The molecule has 0 unspecified atom stereocenters. The first-order valence-electron chi connectivity index (χ1n) is 7.31. The van der Waals surface area contributed by atoms with Crippen molar-refractivity contribution in [2.45, 2.75) is 0 Å². The third-order valence-electron chi connectivity index (χ3n) is 3.60. The summed E-state index contributed by atoms with van der Waals surface area (Å²) in [4.78, 5) is 19.7. The summed E-state index contributed by atoms with van der Waals surface area (Å²) in [5.74, 6) is 0.543. The summed E-state index contributed by atoms with van der Waals surface area (Å²) in [5, 5.41) is 4.29. The first-order valence-corrected chi connectivity index (χ1v) is 7.69. The van der Waals surface area contributed by atoms with E-state index in [2.05, 4.69) is 15.3 Å². The van der Waals surface area contributed by atoms with Gasteiger partial charge in [-0.1, -0.05) is 41.9 Å². The van der Waals surface area contributed by atoms with Crippen molar-refractivity contribution in [3.8, 4) is 11.3 Å². The standard InChI is InChI=1S/C18H12ClN3O2/c19-14-8-4-5-11-9-13(17(23)24-16(11)14)15-10-20-18(22-15)21-12-6-2-1-3-7-12/h1-10H,(H2,20,21,22). The third kappa shape index (κ3) is 2.66. The Bertz CT molecular complexity index is 1070. The Morgan fingerprint density at radius 3 is 2.75 bits per heavy atom. The summed E-state index contributed by atoms with van der Waals surface area (Å²) in [7, 11) is 0. The lowest BCUT2D eigenvalue weighted by Gasteiger charge is -2.02. The van der Waals surface area contributed by atoms with Crippen molar-refractivity contribution in [1.82, 2.24) is 9.97 Å². The van der Waals surface area contributed by atoms with Crippen LogP contribution in [-0.2, 0) is 0 Å². The van der Waals surface area contributed by atoms with Gasteiger partial charge in [0.2, 0.25) is 5.95 Å². The van der Waals surface area contributed by atoms with E-state index in [1.165, 1.54) is 0 Å². The van der Waals surface area contributed by atoms with Gasteiger partial charge in [0.1, 0.15) is 0 Å². The molecule has 118 valence electrons. The minimum absolute atomic E-state index is 0.377. The Balaban J connectivity index is 1.73. The minimum Gasteiger partial charge on any atom is -0.421 e. The Kier molecular flexibility index (Phi) is 3.55. The molecule has 0 aliphatic rings. The van der Waals surface area contributed by atoms with E-state index in [4.69, 9.17) is 16.0 Å². The number of halogens is 1. The molecule has 0 atom stereocenters. The first kappa shape index (κ1) is 14.5. The van der Waals surface area contributed by atoms with E-state index >= 15 is 0 Å². The number of aromatic amines is 1. The molecule has 4 aromatic rings. The molecule has 0 bridgehead atoms. The smallest absolute Gasteiger partial charge is 0.345 e. The van der Waals surface area contributed by atoms with E-state index in [-0.39, 0.29) is 0 Å². The van der Waals surface area contributed by atoms with Crippen molar-refractivity contribution in [2.75, 3.05) is 5.32 Å². The van der Waals surface area contributed by atoms with Gasteiger partial charge >= 0.3 is 5.63 Å². The Morgan fingerprint density at radius 1 is 1.08 bits per heavy atom. The Hall–Kier alpha value is -3.05. The van der Waals surface area contributed by atoms with Gasteiger partial charge < -0.3 is 14.7 Å². The third-order valence-corrected chi connectivity index (χ3v) is 3.90. The molecule has 24 heavy (non-hydrogen) atoms. The van der Waals surface area contributed by atoms with Crippen LogP contribution in [0, 0.1) is 0 Å². The van der Waals surface area contributed by atoms with Gasteiger partial charge in [0.15, 0.2) is 5.58 Å². The van der Waals surface area contributed by atoms with Crippen molar-refractivity contribution in [2.24, 2.45) is 0 Å². The summed E-state index contributed by atoms with van der Waals surface area (Å²) in [6, 6.07) is 16.7. The summed E-state index contributed by atoms with van der Waals surface area (Å²) in [6.07, 6.45) is 1.66. The van der Waals surface area contributed by atoms with Crippen LogP contribution in [0.15, 0.2) is 70.0 Å². The van der Waals surface area contributed by atoms with Crippen molar-refractivity contribution < 1.29 is 4.42 Å². The predicted molar refractivity (Wildman–Crippen MR) is 94.8 cm³/mol. The van der Waals surface area contributed by atoms with Crippen molar-refractivity contribution >= 4 is 34.2 Å². The van der Waals surface area contributed by atoms with Crippen LogP contribution < -0.4 is 10.9 Å². The number of rotatable bonds is 3. The monoisotopic (exact) mass is 337 g/mol. The lowest BCUT2D eigenvalue weighted by molar-refractivity contribution is 0.563. The molecule has 2 aromatic heterocycles. The van der Waals surface area contributed by atoms with E-state index in [1.54, 1.807) is 24.4 Å². The fourth-order valence-electron chi connectivity index (χ4n) is 2.47. The van der Waals surface area contributed by atoms with Crippen LogP contribution >= 0.6 is 11.6 Å². The molecule has 0 amide bonds. The summed E-state index contributed by atoms with van der Waals surface area (Å²) < 4.78 is 5.34. The second-order valence-corrected chi connectivity index (χ2v) is 5.64. The molecule has 0 spiro atoms. The van der Waals surface area contributed by atoms with E-state index < -0.39 is 5.63 Å². The Labute approximate surface area is 141 Å². The van der Waals surface area contributed by atoms with E-state index in [9.17, 15) is 4.79 Å². The molecule has 0 fully saturated rings. The number of anilines is 2. The zero-order valence-corrected chi connectivity index (χ0v) is 13.2. The van der Waals surface area contributed by atoms with Gasteiger partial charge in [0.25, 0.3) is 0 Å². The van der Waals surface area contributed by atoms with Gasteiger partial charge in [-0.3, -0.25) is 0 Å². The van der Waals surface area contributed by atoms with Crippen molar-refractivity contribution in [3.05, 3.63) is 76.2 Å². The summed E-state index contributed by atoms with van der Waals surface area (Å²) in [6.45, 7) is 0. The van der Waals surface area contributed by atoms with Crippen LogP contribution in [0.5, 0.6) is 0 Å². The van der Waals surface area contributed by atoms with E-state index in [0.717, 1.165) is 11.1 Å². The van der Waals surface area contributed by atoms with Crippen molar-refractivity contribution in [3.63, 3.8) is 0 Å². The molecule has 2 heterocycles. The highest BCUT2D eigenvalue weighted by atomic mass is 35.5. The average molecular weight is 338 g/mol. The number of benzene rings is 2. The number of hydrogen-bond acceptors (Lipinski definition) is 4. The Morgan fingerprint density at radius 2 is 1.92 bits per heavy atom. The molecule has 0 saturated carbocycles. The highest BCUT2D eigenvalue weighted by Gasteiger charge is 2.12. The maximum absolute atomic E-state index is 12.3. The number of aromatic nitrogens is 2. The highest BCUT2D eigenvalue weighted by Crippen LogP contribution is 2.26. The van der Waals surface area contributed by atoms with Crippen molar-refractivity contribution in [1.29, 1.82) is 0 Å². The molecule has 4 rings (SSSR count). The summed E-state index contributed by atoms with van der Waals surface area (Å²) in [5.41, 5.74) is 1.68. The second-order valence-electron chi connectivity index (χ2n) is 5.23. The first-order chi connectivity index (χ1) is 11.7. The number of para-hydroxylation sites is 2. The zero-order chi connectivity index (χ0) is 16.5. The van der Waals surface area contributed by atoms with Gasteiger partial charge in [0, 0.05) is 17.3 Å². The maximum atomic E-state index is 12.3. The fourth-order valence-corrected chi connectivity index (χ4v) is 2.69. The molecule has 6 heteroatoms. The lowest BCUT2D eigenvalue weighted by Crippen LogP contribution is -2.03.